The van der Waals surface area contributed by atoms with Gasteiger partial charge in [-0.3, -0.25) is 10.1 Å². The number of carbonyl (C=O) groups is 3. The van der Waals surface area contributed by atoms with Crippen molar-refractivity contribution in [3.05, 3.63) is 59.2 Å². The predicted octanol–water partition coefficient (Wildman–Crippen LogP) is 2.69. The monoisotopic (exact) mass is 408 g/mol. The van der Waals surface area contributed by atoms with Crippen LogP contribution in [0.5, 0.6) is 11.5 Å². The molecule has 0 radical (unpaired) electrons. The maximum atomic E-state index is 12.1. The van der Waals surface area contributed by atoms with Gasteiger partial charge in [-0.1, -0.05) is 18.2 Å². The SMILES string of the molecule is C[C@]1(CCc2ccc(OC(=O)COc3ccc4c(c3)CCC4)cc2)NC(=O)NC1=O. The molecular weight excluding hydrogens is 384 g/mol. The molecule has 2 aromatic carbocycles. The molecule has 1 aliphatic carbocycles. The fourth-order valence-corrected chi connectivity index (χ4v) is 3.82. The topological polar surface area (TPSA) is 93.7 Å². The summed E-state index contributed by atoms with van der Waals surface area (Å²) in [7, 11) is 0. The third-order valence-electron chi connectivity index (χ3n) is 5.61. The van der Waals surface area contributed by atoms with E-state index in [0.717, 1.165) is 24.8 Å². The lowest BCUT2D eigenvalue weighted by molar-refractivity contribution is -0.136. The summed E-state index contributed by atoms with van der Waals surface area (Å²) < 4.78 is 10.9. The quantitative estimate of drug-likeness (QED) is 0.417. The number of amides is 3. The fraction of sp³-hybridized carbons (Fsp3) is 0.348. The van der Waals surface area contributed by atoms with E-state index in [1.54, 1.807) is 19.1 Å². The number of esters is 1. The second-order valence-corrected chi connectivity index (χ2v) is 7.93. The van der Waals surface area contributed by atoms with Gasteiger partial charge in [-0.25, -0.2) is 9.59 Å². The number of aryl methyl sites for hydroxylation is 3. The van der Waals surface area contributed by atoms with Crippen molar-refractivity contribution in [2.24, 2.45) is 0 Å². The van der Waals surface area contributed by atoms with Crippen LogP contribution in [0.2, 0.25) is 0 Å². The number of urea groups is 1. The van der Waals surface area contributed by atoms with Gasteiger partial charge in [-0.15, -0.1) is 0 Å². The predicted molar refractivity (Wildman–Crippen MR) is 109 cm³/mol. The molecule has 0 saturated carbocycles. The van der Waals surface area contributed by atoms with Crippen LogP contribution in [-0.2, 0) is 28.9 Å². The molecule has 0 bridgehead atoms. The highest BCUT2D eigenvalue weighted by Gasteiger charge is 2.41. The molecule has 0 aromatic heterocycles. The number of rotatable bonds is 7. The van der Waals surface area contributed by atoms with E-state index in [1.807, 2.05) is 24.3 Å². The van der Waals surface area contributed by atoms with Gasteiger partial charge in [0.05, 0.1) is 0 Å². The van der Waals surface area contributed by atoms with Gasteiger partial charge in [0.2, 0.25) is 0 Å². The second kappa shape index (κ2) is 8.18. The number of hydrogen-bond acceptors (Lipinski definition) is 5. The van der Waals surface area contributed by atoms with Gasteiger partial charge in [0.1, 0.15) is 17.0 Å². The van der Waals surface area contributed by atoms with E-state index >= 15 is 0 Å². The summed E-state index contributed by atoms with van der Waals surface area (Å²) in [6.07, 6.45) is 4.39. The van der Waals surface area contributed by atoms with Crippen LogP contribution in [0.25, 0.3) is 0 Å². The van der Waals surface area contributed by atoms with Gasteiger partial charge in [0.25, 0.3) is 5.91 Å². The Morgan fingerprint density at radius 2 is 1.77 bits per heavy atom. The van der Waals surface area contributed by atoms with Crippen molar-refractivity contribution in [3.8, 4) is 11.5 Å². The molecule has 1 fully saturated rings. The van der Waals surface area contributed by atoms with E-state index < -0.39 is 17.5 Å². The average molecular weight is 408 g/mol. The second-order valence-electron chi connectivity index (χ2n) is 7.93. The van der Waals surface area contributed by atoms with Gasteiger partial charge >= 0.3 is 12.0 Å². The van der Waals surface area contributed by atoms with E-state index in [0.29, 0.717) is 24.3 Å². The highest BCUT2D eigenvalue weighted by molar-refractivity contribution is 6.06. The minimum absolute atomic E-state index is 0.159. The Morgan fingerprint density at radius 3 is 2.50 bits per heavy atom. The summed E-state index contributed by atoms with van der Waals surface area (Å²) in [4.78, 5) is 35.3. The summed E-state index contributed by atoms with van der Waals surface area (Å²) in [5.74, 6) is 0.321. The van der Waals surface area contributed by atoms with Crippen molar-refractivity contribution in [1.29, 1.82) is 0 Å². The minimum atomic E-state index is -0.906. The number of carbonyl (C=O) groups excluding carboxylic acids is 3. The molecule has 0 spiro atoms. The van der Waals surface area contributed by atoms with Gasteiger partial charge < -0.3 is 14.8 Å². The molecule has 2 N–H and O–H groups in total. The molecule has 30 heavy (non-hydrogen) atoms. The zero-order valence-corrected chi connectivity index (χ0v) is 16.8. The highest BCUT2D eigenvalue weighted by atomic mass is 16.6. The molecule has 3 amide bonds. The molecule has 2 aromatic rings. The maximum Gasteiger partial charge on any atom is 0.349 e. The Labute approximate surface area is 174 Å². The summed E-state index contributed by atoms with van der Waals surface area (Å²) >= 11 is 0. The van der Waals surface area contributed by atoms with Gasteiger partial charge in [0, 0.05) is 0 Å². The number of fused-ring (bicyclic) bond motifs is 1. The molecular formula is C23H24N2O5. The molecule has 7 heteroatoms. The molecule has 2 aliphatic rings. The highest BCUT2D eigenvalue weighted by Crippen LogP contribution is 2.26. The fourth-order valence-electron chi connectivity index (χ4n) is 3.82. The van der Waals surface area contributed by atoms with Crippen molar-refractivity contribution in [2.75, 3.05) is 6.61 Å². The zero-order chi connectivity index (χ0) is 21.1. The summed E-state index contributed by atoms with van der Waals surface area (Å²) in [5, 5.41) is 4.90. The van der Waals surface area contributed by atoms with Crippen LogP contribution >= 0.6 is 0 Å². The number of ether oxygens (including phenoxy) is 2. The van der Waals surface area contributed by atoms with Crippen LogP contribution in [0.4, 0.5) is 4.79 Å². The molecule has 4 rings (SSSR count). The first-order valence-electron chi connectivity index (χ1n) is 10.1. The van der Waals surface area contributed by atoms with Crippen LogP contribution in [-0.4, -0.2) is 30.1 Å². The van der Waals surface area contributed by atoms with Crippen molar-refractivity contribution < 1.29 is 23.9 Å². The number of hydrogen-bond donors (Lipinski definition) is 2. The smallest absolute Gasteiger partial charge is 0.349 e. The van der Waals surface area contributed by atoms with Gasteiger partial charge in [-0.05, 0) is 80.0 Å². The van der Waals surface area contributed by atoms with Crippen LogP contribution in [0.3, 0.4) is 0 Å². The van der Waals surface area contributed by atoms with E-state index in [9.17, 15) is 14.4 Å². The lowest BCUT2D eigenvalue weighted by Gasteiger charge is -2.20. The summed E-state index contributed by atoms with van der Waals surface area (Å²) in [6.45, 7) is 1.54. The first-order chi connectivity index (χ1) is 14.4. The molecule has 156 valence electrons. The normalized spacial score (nSPS) is 19.8. The summed E-state index contributed by atoms with van der Waals surface area (Å²) in [5.41, 5.74) is 2.71. The van der Waals surface area contributed by atoms with Gasteiger partial charge in [0.15, 0.2) is 6.61 Å². The average Bonchev–Trinajstić information content (AvgIpc) is 3.29. The molecule has 1 aliphatic heterocycles. The van der Waals surface area contributed by atoms with Crippen LogP contribution < -0.4 is 20.1 Å². The molecule has 7 nitrogen and oxygen atoms in total. The Morgan fingerprint density at radius 1 is 1.03 bits per heavy atom. The van der Waals surface area contributed by atoms with Crippen molar-refractivity contribution in [1.82, 2.24) is 10.6 Å². The first kappa shape index (κ1) is 19.9. The molecule has 1 saturated heterocycles. The molecule has 1 atom stereocenters. The van der Waals surface area contributed by atoms with Crippen molar-refractivity contribution in [2.45, 2.75) is 44.6 Å². The lowest BCUT2D eigenvalue weighted by atomic mass is 9.93. The van der Waals surface area contributed by atoms with Crippen LogP contribution in [0, 0.1) is 0 Å². The minimum Gasteiger partial charge on any atom is -0.482 e. The van der Waals surface area contributed by atoms with Crippen molar-refractivity contribution >= 4 is 17.9 Å². The maximum absolute atomic E-state index is 12.1. The van der Waals surface area contributed by atoms with E-state index in [4.69, 9.17) is 9.47 Å². The van der Waals surface area contributed by atoms with Gasteiger partial charge in [-0.2, -0.15) is 0 Å². The van der Waals surface area contributed by atoms with Crippen LogP contribution in [0.15, 0.2) is 42.5 Å². The third kappa shape index (κ3) is 4.45. The van der Waals surface area contributed by atoms with Crippen LogP contribution in [0.1, 0.15) is 36.5 Å². The zero-order valence-electron chi connectivity index (χ0n) is 16.8. The molecule has 1 heterocycles. The summed E-state index contributed by atoms with van der Waals surface area (Å²) in [6, 6.07) is 12.6. The largest absolute Gasteiger partial charge is 0.482 e. The van der Waals surface area contributed by atoms with E-state index in [1.165, 1.54) is 11.1 Å². The Hall–Kier alpha value is -3.35. The van der Waals surface area contributed by atoms with E-state index in [-0.39, 0.29) is 12.5 Å². The molecule has 0 unspecified atom stereocenters. The number of imide groups is 1. The number of benzene rings is 2. The Kier molecular flexibility index (Phi) is 5.44. The number of nitrogens with one attached hydrogen (secondary N) is 2. The third-order valence-corrected chi connectivity index (χ3v) is 5.61. The van der Waals surface area contributed by atoms with E-state index in [2.05, 4.69) is 16.7 Å². The Balaban J connectivity index is 1.25. The standard InChI is InChI=1S/C23H24N2O5/c1-23(21(27)24-22(28)25-23)12-11-15-5-8-18(9-6-15)30-20(26)14-29-19-10-7-16-3-2-4-17(16)13-19/h5-10,13H,2-4,11-12,14H2,1H3,(H2,24,25,27,28)/t23-/m1/s1. The lowest BCUT2D eigenvalue weighted by Crippen LogP contribution is -2.43. The van der Waals surface area contributed by atoms with Crippen molar-refractivity contribution in [3.63, 3.8) is 0 Å². The Bertz CT molecular complexity index is 986. The first-order valence-corrected chi connectivity index (χ1v) is 10.1.